The summed E-state index contributed by atoms with van der Waals surface area (Å²) in [5.74, 6) is -5.10. The number of hydrogen-bond acceptors (Lipinski definition) is 8. The maximum atomic E-state index is 13.0. The van der Waals surface area contributed by atoms with E-state index in [0.717, 1.165) is 0 Å². The Kier molecular flexibility index (Phi) is 13.1. The first kappa shape index (κ1) is 30.5. The molecule has 4 unspecified atom stereocenters. The van der Waals surface area contributed by atoms with Gasteiger partial charge in [-0.3, -0.25) is 19.2 Å². The first-order chi connectivity index (χ1) is 16.9. The lowest BCUT2D eigenvalue weighted by atomic mass is 10.0. The summed E-state index contributed by atoms with van der Waals surface area (Å²) in [6.07, 6.45) is 3.61. The fraction of sp³-hybridized carbons (Fsp3) is 0.636. The predicted molar refractivity (Wildman–Crippen MR) is 128 cm³/mol. The van der Waals surface area contributed by atoms with E-state index < -0.39 is 60.2 Å². The smallest absolute Gasteiger partial charge is 0.326 e. The number of aromatic amines is 1. The lowest BCUT2D eigenvalue weighted by Gasteiger charge is -2.25. The number of carbonyl (C=O) groups is 5. The van der Waals surface area contributed by atoms with Crippen LogP contribution in [0.1, 0.15) is 51.6 Å². The Balaban J connectivity index is 2.96. The van der Waals surface area contributed by atoms with Gasteiger partial charge in [0, 0.05) is 18.3 Å². The van der Waals surface area contributed by atoms with Crippen LogP contribution in [0.15, 0.2) is 12.5 Å². The summed E-state index contributed by atoms with van der Waals surface area (Å²) < 4.78 is 0. The zero-order valence-corrected chi connectivity index (χ0v) is 20.5. The second kappa shape index (κ2) is 15.5. The summed E-state index contributed by atoms with van der Waals surface area (Å²) >= 11 is 0. The highest BCUT2D eigenvalue weighted by atomic mass is 16.4. The average molecular weight is 512 g/mol. The van der Waals surface area contributed by atoms with Crippen LogP contribution in [0.25, 0.3) is 0 Å². The molecule has 1 aromatic rings. The molecule has 3 amide bonds. The molecule has 0 aliphatic carbocycles. The van der Waals surface area contributed by atoms with Crippen LogP contribution in [0.3, 0.4) is 0 Å². The highest BCUT2D eigenvalue weighted by Gasteiger charge is 2.31. The van der Waals surface area contributed by atoms with Gasteiger partial charge in [-0.1, -0.05) is 13.8 Å². The van der Waals surface area contributed by atoms with Gasteiger partial charge >= 0.3 is 11.9 Å². The Morgan fingerprint density at radius 3 is 2.11 bits per heavy atom. The van der Waals surface area contributed by atoms with Crippen LogP contribution in [0.5, 0.6) is 0 Å². The van der Waals surface area contributed by atoms with E-state index in [1.165, 1.54) is 12.5 Å². The molecule has 1 rings (SSSR count). The number of carboxylic acids is 2. The molecule has 14 heteroatoms. The van der Waals surface area contributed by atoms with Crippen molar-refractivity contribution in [1.82, 2.24) is 25.9 Å². The van der Waals surface area contributed by atoms with Crippen LogP contribution in [-0.2, 0) is 30.4 Å². The molecule has 4 atom stereocenters. The van der Waals surface area contributed by atoms with Gasteiger partial charge in [0.2, 0.25) is 17.7 Å². The Morgan fingerprint density at radius 1 is 0.972 bits per heavy atom. The maximum Gasteiger partial charge on any atom is 0.326 e. The normalized spacial score (nSPS) is 14.4. The van der Waals surface area contributed by atoms with Gasteiger partial charge in [0.05, 0.1) is 18.8 Å². The molecule has 0 aromatic carbocycles. The molecule has 0 spiro atoms. The minimum absolute atomic E-state index is 0.0629. The van der Waals surface area contributed by atoms with E-state index in [2.05, 4.69) is 25.9 Å². The van der Waals surface area contributed by atoms with E-state index in [4.69, 9.17) is 11.5 Å². The summed E-state index contributed by atoms with van der Waals surface area (Å²) in [5, 5.41) is 25.8. The van der Waals surface area contributed by atoms with Crippen molar-refractivity contribution in [2.75, 3.05) is 6.54 Å². The number of aromatic nitrogens is 2. The first-order valence-electron chi connectivity index (χ1n) is 11.7. The fourth-order valence-electron chi connectivity index (χ4n) is 3.39. The third-order valence-corrected chi connectivity index (χ3v) is 5.24. The molecule has 0 aliphatic rings. The van der Waals surface area contributed by atoms with Crippen LogP contribution >= 0.6 is 0 Å². The lowest BCUT2D eigenvalue weighted by molar-refractivity contribution is -0.144. The molecule has 14 nitrogen and oxygen atoms in total. The number of aliphatic carboxylic acids is 2. The van der Waals surface area contributed by atoms with Gasteiger partial charge in [-0.15, -0.1) is 0 Å². The monoisotopic (exact) mass is 511 g/mol. The SMILES string of the molecule is CC(C)CC(NC(=O)C(CC(=O)O)NC(=O)C(CCCCN)NC(=O)C(N)Cc1cnc[nH]1)C(=O)O. The standard InChI is InChI=1S/C22H37N7O7/c1-12(2)7-17(22(35)36)29-21(34)16(9-18(30)31)28-20(33)15(5-3-4-6-23)27-19(32)14(24)8-13-10-25-11-26-13/h10-12,14-17H,3-9,23-24H2,1-2H3,(H,25,26)(H,27,32)(H,28,33)(H,29,34)(H,30,31)(H,35,36). The summed E-state index contributed by atoms with van der Waals surface area (Å²) in [5.41, 5.74) is 12.1. The number of H-pyrrole nitrogens is 1. The second-order valence-electron chi connectivity index (χ2n) is 8.92. The number of amides is 3. The minimum Gasteiger partial charge on any atom is -0.481 e. The number of nitrogens with two attached hydrogens (primary N) is 2. The number of carbonyl (C=O) groups excluding carboxylic acids is 3. The van der Waals surface area contributed by atoms with Crippen molar-refractivity contribution in [1.29, 1.82) is 0 Å². The van der Waals surface area contributed by atoms with Gasteiger partial charge < -0.3 is 42.6 Å². The quantitative estimate of drug-likeness (QED) is 0.112. The first-order valence-corrected chi connectivity index (χ1v) is 11.7. The molecule has 0 radical (unpaired) electrons. The molecule has 36 heavy (non-hydrogen) atoms. The van der Waals surface area contributed by atoms with Crippen molar-refractivity contribution in [3.63, 3.8) is 0 Å². The van der Waals surface area contributed by atoms with Gasteiger partial charge in [0.15, 0.2) is 0 Å². The van der Waals surface area contributed by atoms with Crippen LogP contribution in [0.2, 0.25) is 0 Å². The summed E-state index contributed by atoms with van der Waals surface area (Å²) in [6, 6.07) is -4.93. The molecular formula is C22H37N7O7. The van der Waals surface area contributed by atoms with Crippen LogP contribution in [0, 0.1) is 5.92 Å². The Hall–Kier alpha value is -3.52. The van der Waals surface area contributed by atoms with E-state index in [1.807, 2.05) is 0 Å². The van der Waals surface area contributed by atoms with Gasteiger partial charge in [0.25, 0.3) is 0 Å². The molecular weight excluding hydrogens is 474 g/mol. The number of nitrogens with one attached hydrogen (secondary N) is 4. The van der Waals surface area contributed by atoms with Crippen molar-refractivity contribution in [3.05, 3.63) is 18.2 Å². The number of unbranched alkanes of at least 4 members (excludes halogenated alkanes) is 1. The Labute approximate surface area is 209 Å². The van der Waals surface area contributed by atoms with E-state index in [1.54, 1.807) is 13.8 Å². The van der Waals surface area contributed by atoms with Crippen molar-refractivity contribution in [2.45, 2.75) is 76.5 Å². The van der Waals surface area contributed by atoms with E-state index >= 15 is 0 Å². The van der Waals surface area contributed by atoms with Gasteiger partial charge in [-0.05, 0) is 38.1 Å². The van der Waals surface area contributed by atoms with Gasteiger partial charge in [-0.2, -0.15) is 0 Å². The molecule has 0 saturated carbocycles. The molecule has 0 bridgehead atoms. The molecule has 0 aliphatic heterocycles. The largest absolute Gasteiger partial charge is 0.481 e. The third-order valence-electron chi connectivity index (χ3n) is 5.24. The summed E-state index contributed by atoms with van der Waals surface area (Å²) in [6.45, 7) is 3.90. The zero-order valence-electron chi connectivity index (χ0n) is 20.5. The van der Waals surface area contributed by atoms with Crippen molar-refractivity contribution >= 4 is 29.7 Å². The Bertz CT molecular complexity index is 876. The molecule has 0 saturated heterocycles. The highest BCUT2D eigenvalue weighted by molar-refractivity contribution is 5.95. The number of rotatable bonds is 17. The Morgan fingerprint density at radius 2 is 1.58 bits per heavy atom. The average Bonchev–Trinajstić information content (AvgIpc) is 3.29. The maximum absolute atomic E-state index is 13.0. The van der Waals surface area contributed by atoms with Crippen LogP contribution in [-0.4, -0.2) is 80.6 Å². The van der Waals surface area contributed by atoms with E-state index in [-0.39, 0.29) is 25.2 Å². The third kappa shape index (κ3) is 11.3. The topological polar surface area (TPSA) is 243 Å². The van der Waals surface area contributed by atoms with Crippen LogP contribution < -0.4 is 27.4 Å². The van der Waals surface area contributed by atoms with Gasteiger partial charge in [0.1, 0.15) is 18.1 Å². The molecule has 0 fully saturated rings. The number of nitrogens with zero attached hydrogens (tertiary/aromatic N) is 1. The number of hydrogen-bond donors (Lipinski definition) is 8. The second-order valence-corrected chi connectivity index (χ2v) is 8.92. The molecule has 1 heterocycles. The predicted octanol–water partition coefficient (Wildman–Crippen LogP) is -1.53. The van der Waals surface area contributed by atoms with Crippen molar-refractivity contribution in [2.24, 2.45) is 17.4 Å². The number of carboxylic acid groups (broad SMARTS) is 2. The zero-order chi connectivity index (χ0) is 27.3. The minimum atomic E-state index is -1.56. The molecule has 1 aromatic heterocycles. The van der Waals surface area contributed by atoms with E-state index in [0.29, 0.717) is 25.1 Å². The van der Waals surface area contributed by atoms with Crippen molar-refractivity contribution in [3.8, 4) is 0 Å². The van der Waals surface area contributed by atoms with Crippen molar-refractivity contribution < 1.29 is 34.2 Å². The number of imidazole rings is 1. The van der Waals surface area contributed by atoms with Crippen LogP contribution in [0.4, 0.5) is 0 Å². The molecule has 202 valence electrons. The highest BCUT2D eigenvalue weighted by Crippen LogP contribution is 2.08. The summed E-state index contributed by atoms with van der Waals surface area (Å²) in [4.78, 5) is 67.9. The fourth-order valence-corrected chi connectivity index (χ4v) is 3.39. The molecule has 10 N–H and O–H groups in total. The summed E-state index contributed by atoms with van der Waals surface area (Å²) in [7, 11) is 0. The van der Waals surface area contributed by atoms with Gasteiger partial charge in [-0.25, -0.2) is 9.78 Å². The van der Waals surface area contributed by atoms with E-state index in [9.17, 15) is 34.2 Å². The lowest BCUT2D eigenvalue weighted by Crippen LogP contribution is -2.57.